The smallest absolute Gasteiger partial charge is 0.0725 e. The topological polar surface area (TPSA) is 3.24 Å². The molecule has 9 aromatic carbocycles. The summed E-state index contributed by atoms with van der Waals surface area (Å²) in [5.74, 6) is 0. The number of hydrogen-bond donors (Lipinski definition) is 0. The summed E-state index contributed by atoms with van der Waals surface area (Å²) >= 11 is 0. The third-order valence-corrected chi connectivity index (χ3v) is 14.6. The lowest BCUT2D eigenvalue weighted by Gasteiger charge is -2.31. The molecule has 0 saturated carbocycles. The fraction of sp³-hybridized carbons (Fsp3) is 0.0938. The van der Waals surface area contributed by atoms with E-state index in [2.05, 4.69) is 257 Å². The van der Waals surface area contributed by atoms with E-state index in [1.807, 2.05) is 0 Å². The Kier molecular flexibility index (Phi) is 8.94. The lowest BCUT2D eigenvalue weighted by atomic mass is 9.70. The first-order chi connectivity index (χ1) is 31.9. The van der Waals surface area contributed by atoms with Gasteiger partial charge in [0.15, 0.2) is 0 Å². The number of allylic oxidation sites excluding steroid dienone is 4. The molecule has 1 atom stereocenters. The third kappa shape index (κ3) is 5.71. The van der Waals surface area contributed by atoms with Crippen LogP contribution in [0.1, 0.15) is 66.6 Å². The summed E-state index contributed by atoms with van der Waals surface area (Å²) in [6.45, 7) is 8.97. The van der Waals surface area contributed by atoms with E-state index in [4.69, 9.17) is 0 Å². The molecule has 0 N–H and O–H groups in total. The van der Waals surface area contributed by atoms with Crippen molar-refractivity contribution in [1.29, 1.82) is 0 Å². The molecule has 310 valence electrons. The molecule has 9 aromatic rings. The normalized spacial score (nSPS) is 15.9. The highest BCUT2D eigenvalue weighted by atomic mass is 15.1. The molecule has 0 amide bonds. The van der Waals surface area contributed by atoms with Crippen molar-refractivity contribution in [2.24, 2.45) is 0 Å². The quantitative estimate of drug-likeness (QED) is 0.145. The Morgan fingerprint density at radius 2 is 0.923 bits per heavy atom. The molecule has 1 spiro atoms. The Hall–Kier alpha value is -7.74. The fourth-order valence-electron chi connectivity index (χ4n) is 11.7. The van der Waals surface area contributed by atoms with Crippen molar-refractivity contribution in [3.05, 3.63) is 263 Å². The first kappa shape index (κ1) is 38.9. The summed E-state index contributed by atoms with van der Waals surface area (Å²) < 4.78 is 0. The van der Waals surface area contributed by atoms with Crippen LogP contribution < -0.4 is 4.90 Å². The van der Waals surface area contributed by atoms with E-state index < -0.39 is 5.41 Å². The van der Waals surface area contributed by atoms with Gasteiger partial charge in [-0.05, 0) is 156 Å². The van der Waals surface area contributed by atoms with E-state index in [9.17, 15) is 0 Å². The van der Waals surface area contributed by atoms with Crippen LogP contribution in [0.2, 0.25) is 0 Å². The second-order valence-corrected chi connectivity index (χ2v) is 18.3. The number of anilines is 3. The van der Waals surface area contributed by atoms with Crippen molar-refractivity contribution in [1.82, 2.24) is 0 Å². The van der Waals surface area contributed by atoms with Crippen LogP contribution in [-0.4, -0.2) is 0 Å². The molecule has 0 bridgehead atoms. The molecule has 12 rings (SSSR count). The summed E-state index contributed by atoms with van der Waals surface area (Å²) in [7, 11) is 0. The average Bonchev–Trinajstić information content (AvgIpc) is 3.92. The predicted octanol–water partition coefficient (Wildman–Crippen LogP) is 17.1. The molecule has 65 heavy (non-hydrogen) atoms. The summed E-state index contributed by atoms with van der Waals surface area (Å²) in [5, 5.41) is 0. The van der Waals surface area contributed by atoms with Crippen LogP contribution in [0.15, 0.2) is 224 Å². The number of benzene rings is 9. The van der Waals surface area contributed by atoms with Gasteiger partial charge in [-0.2, -0.15) is 0 Å². The van der Waals surface area contributed by atoms with E-state index in [1.165, 1.54) is 100 Å². The zero-order valence-electron chi connectivity index (χ0n) is 37.3. The van der Waals surface area contributed by atoms with Gasteiger partial charge < -0.3 is 4.90 Å². The molecule has 0 saturated heterocycles. The minimum Gasteiger partial charge on any atom is -0.310 e. The maximum Gasteiger partial charge on any atom is 0.0725 e. The molecular weight excluding hydrogens is 783 g/mol. The Bertz CT molecular complexity index is 3420. The van der Waals surface area contributed by atoms with Gasteiger partial charge in [0, 0.05) is 22.5 Å². The van der Waals surface area contributed by atoms with Gasteiger partial charge in [0.05, 0.1) is 5.41 Å². The SMILES string of the molecule is C/C=C\C(=C/C)c1ccc2c(c1)C1(c3ccccc3-2)c2ccccc2-c2c(-c3cccc(N(c4ccc(-c5ccccc5)cc4)c4ccc5c(c4)C(C)(C)c4ccccc4-5)c3)cccc21. The Labute approximate surface area is 383 Å². The largest absolute Gasteiger partial charge is 0.310 e. The van der Waals surface area contributed by atoms with E-state index in [1.54, 1.807) is 0 Å². The van der Waals surface area contributed by atoms with E-state index >= 15 is 0 Å². The summed E-state index contributed by atoms with van der Waals surface area (Å²) in [6.07, 6.45) is 6.59. The molecule has 0 aliphatic heterocycles. The van der Waals surface area contributed by atoms with Crippen molar-refractivity contribution >= 4 is 22.6 Å². The lowest BCUT2D eigenvalue weighted by Crippen LogP contribution is -2.26. The maximum absolute atomic E-state index is 2.47. The first-order valence-corrected chi connectivity index (χ1v) is 23.0. The molecule has 3 aliphatic carbocycles. The van der Waals surface area contributed by atoms with E-state index in [-0.39, 0.29) is 5.41 Å². The standard InChI is InChI=1S/C64H49N/c1-5-18-42(6-2)45-33-37-54-52-24-11-14-28-57(52)64(61(54)40-45)58-29-15-12-25-55(58)62-50(26-17-30-59(62)64)46-21-16-22-48(39-46)65(47-34-31-44(32-35-47)43-19-8-7-9-20-43)49-36-38-53-51-23-10-13-27-56(51)63(3,4)60(53)41-49/h5-41H,1-4H3/b18-5-,42-6+. The second kappa shape index (κ2) is 14.9. The van der Waals surface area contributed by atoms with Gasteiger partial charge in [-0.25, -0.2) is 0 Å². The monoisotopic (exact) mass is 831 g/mol. The molecule has 0 heterocycles. The van der Waals surface area contributed by atoms with Crippen molar-refractivity contribution < 1.29 is 0 Å². The van der Waals surface area contributed by atoms with Crippen LogP contribution >= 0.6 is 0 Å². The van der Waals surface area contributed by atoms with Gasteiger partial charge in [0.1, 0.15) is 0 Å². The van der Waals surface area contributed by atoms with Crippen LogP contribution in [0.5, 0.6) is 0 Å². The molecule has 1 nitrogen and oxygen atoms in total. The van der Waals surface area contributed by atoms with E-state index in [0.29, 0.717) is 0 Å². The van der Waals surface area contributed by atoms with Crippen molar-refractivity contribution in [3.8, 4) is 55.6 Å². The second-order valence-electron chi connectivity index (χ2n) is 18.3. The minimum absolute atomic E-state index is 0.125. The van der Waals surface area contributed by atoms with Gasteiger partial charge in [-0.3, -0.25) is 0 Å². The van der Waals surface area contributed by atoms with Crippen LogP contribution in [0.4, 0.5) is 17.1 Å². The number of fused-ring (bicyclic) bond motifs is 13. The molecule has 0 aromatic heterocycles. The Morgan fingerprint density at radius 1 is 0.385 bits per heavy atom. The fourth-order valence-corrected chi connectivity index (χ4v) is 11.7. The van der Waals surface area contributed by atoms with Crippen LogP contribution in [0.25, 0.3) is 61.2 Å². The zero-order valence-corrected chi connectivity index (χ0v) is 37.3. The molecule has 1 unspecified atom stereocenters. The van der Waals surface area contributed by atoms with Crippen molar-refractivity contribution in [2.45, 2.75) is 38.5 Å². The number of rotatable bonds is 7. The zero-order chi connectivity index (χ0) is 43.9. The first-order valence-electron chi connectivity index (χ1n) is 23.0. The third-order valence-electron chi connectivity index (χ3n) is 14.6. The van der Waals surface area contributed by atoms with Crippen LogP contribution in [-0.2, 0) is 10.8 Å². The lowest BCUT2D eigenvalue weighted by molar-refractivity contribution is 0.660. The Balaban J connectivity index is 1.05. The number of hydrogen-bond acceptors (Lipinski definition) is 1. The maximum atomic E-state index is 2.47. The summed E-state index contributed by atoms with van der Waals surface area (Å²) in [4.78, 5) is 2.45. The minimum atomic E-state index is -0.461. The van der Waals surface area contributed by atoms with Gasteiger partial charge in [0.2, 0.25) is 0 Å². The highest BCUT2D eigenvalue weighted by molar-refractivity contribution is 6.01. The van der Waals surface area contributed by atoms with Crippen molar-refractivity contribution in [2.75, 3.05) is 4.90 Å². The van der Waals surface area contributed by atoms with Crippen molar-refractivity contribution in [3.63, 3.8) is 0 Å². The highest BCUT2D eigenvalue weighted by Gasteiger charge is 2.52. The summed E-state index contributed by atoms with van der Waals surface area (Å²) in [6, 6.07) is 77.4. The van der Waals surface area contributed by atoms with Gasteiger partial charge in [0.25, 0.3) is 0 Å². The van der Waals surface area contributed by atoms with Crippen LogP contribution in [0.3, 0.4) is 0 Å². The molecule has 3 aliphatic rings. The molecular formula is C64H49N. The highest BCUT2D eigenvalue weighted by Crippen LogP contribution is 2.64. The molecule has 0 radical (unpaired) electrons. The Morgan fingerprint density at radius 3 is 1.68 bits per heavy atom. The molecule has 0 fully saturated rings. The summed E-state index contributed by atoms with van der Waals surface area (Å²) in [5.41, 5.74) is 26.1. The van der Waals surface area contributed by atoms with Gasteiger partial charge >= 0.3 is 0 Å². The van der Waals surface area contributed by atoms with Gasteiger partial charge in [-0.15, -0.1) is 0 Å². The van der Waals surface area contributed by atoms with Crippen LogP contribution in [0, 0.1) is 0 Å². The number of nitrogens with zero attached hydrogens (tertiary/aromatic N) is 1. The predicted molar refractivity (Wildman–Crippen MR) is 274 cm³/mol. The average molecular weight is 832 g/mol. The van der Waals surface area contributed by atoms with Gasteiger partial charge in [-0.1, -0.05) is 196 Å². The van der Waals surface area contributed by atoms with E-state index in [0.717, 1.165) is 17.1 Å². The molecule has 1 heteroatoms.